The van der Waals surface area contributed by atoms with Crippen LogP contribution in [0.5, 0.6) is 0 Å². The fourth-order valence-corrected chi connectivity index (χ4v) is 1.53. The largest absolute Gasteiger partial charge is 0.286 e. The average molecular weight is 219 g/mol. The summed E-state index contributed by atoms with van der Waals surface area (Å²) < 4.78 is 0.0358. The highest BCUT2D eigenvalue weighted by Gasteiger charge is 2.21. The summed E-state index contributed by atoms with van der Waals surface area (Å²) in [6.07, 6.45) is 1.71. The van der Waals surface area contributed by atoms with Crippen LogP contribution in [0.1, 0.15) is 20.8 Å². The van der Waals surface area contributed by atoms with E-state index in [2.05, 4.69) is 43.3 Å². The second-order valence-corrected chi connectivity index (χ2v) is 3.95. The molecule has 0 spiro atoms. The predicted molar refractivity (Wildman–Crippen MR) is 51.6 cm³/mol. The van der Waals surface area contributed by atoms with Crippen molar-refractivity contribution in [3.63, 3.8) is 0 Å². The van der Waals surface area contributed by atoms with Crippen LogP contribution >= 0.6 is 15.9 Å². The van der Waals surface area contributed by atoms with Crippen LogP contribution in [0.25, 0.3) is 0 Å². The molecule has 2 atom stereocenters. The first-order valence-electron chi connectivity index (χ1n) is 3.82. The highest BCUT2D eigenvalue weighted by atomic mass is 79.9. The van der Waals surface area contributed by atoms with Gasteiger partial charge < -0.3 is 0 Å². The third kappa shape index (κ3) is 3.19. The van der Waals surface area contributed by atoms with Gasteiger partial charge in [-0.1, -0.05) is 26.8 Å². The van der Waals surface area contributed by atoms with Crippen molar-refractivity contribution in [3.8, 4) is 0 Å². The molecule has 0 unspecified atom stereocenters. The van der Waals surface area contributed by atoms with Gasteiger partial charge in [0.05, 0.1) is 0 Å². The van der Waals surface area contributed by atoms with Crippen molar-refractivity contribution >= 4 is 20.6 Å². The third-order valence-corrected chi connectivity index (χ3v) is 2.66. The van der Waals surface area contributed by atoms with Crippen LogP contribution in [-0.4, -0.2) is 4.69 Å². The van der Waals surface area contributed by atoms with Crippen LogP contribution in [0.2, 0.25) is 0 Å². The Morgan fingerprint density at radius 2 is 1.91 bits per heavy atom. The molecule has 0 fully saturated rings. The lowest BCUT2D eigenvalue weighted by Crippen LogP contribution is -2.19. The van der Waals surface area contributed by atoms with Crippen LogP contribution in [-0.2, 0) is 4.79 Å². The topological polar surface area (TPSA) is 17.1 Å². The number of carbonyl (C=O) groups excluding carboxylic acids is 1. The fraction of sp³-hybridized carbons (Fsp3) is 0.667. The van der Waals surface area contributed by atoms with Gasteiger partial charge in [0.1, 0.15) is 0 Å². The van der Waals surface area contributed by atoms with E-state index in [1.165, 1.54) is 0 Å². The molecule has 0 bridgehead atoms. The van der Waals surface area contributed by atoms with Crippen molar-refractivity contribution < 1.29 is 4.79 Å². The molecule has 0 saturated heterocycles. The maximum absolute atomic E-state index is 11.0. The maximum atomic E-state index is 11.0. The van der Waals surface area contributed by atoms with E-state index in [-0.39, 0.29) is 10.6 Å². The van der Waals surface area contributed by atoms with Crippen molar-refractivity contribution in [2.45, 2.75) is 20.8 Å². The third-order valence-electron chi connectivity index (χ3n) is 2.13. The zero-order valence-electron chi connectivity index (χ0n) is 7.30. The molecule has 1 nitrogen and oxygen atoms in total. The van der Waals surface area contributed by atoms with Crippen molar-refractivity contribution in [3.05, 3.63) is 12.7 Å². The Kier molecular flexibility index (Phi) is 4.66. The SMILES string of the molecule is C=C[C@@H](C(=O)Br)[C@H](C)C(C)C. The van der Waals surface area contributed by atoms with Gasteiger partial charge in [0.2, 0.25) is 4.69 Å². The Balaban J connectivity index is 4.25. The highest BCUT2D eigenvalue weighted by molar-refractivity contribution is 9.18. The standard InChI is InChI=1S/C9H15BrO/c1-5-8(9(10)11)7(4)6(2)3/h5-8H,1H2,2-4H3/t7-,8-/m1/s1. The highest BCUT2D eigenvalue weighted by Crippen LogP contribution is 2.23. The molecule has 0 aromatic rings. The number of halogens is 1. The number of rotatable bonds is 4. The lowest BCUT2D eigenvalue weighted by Gasteiger charge is -2.20. The van der Waals surface area contributed by atoms with E-state index >= 15 is 0 Å². The molecule has 0 radical (unpaired) electrons. The quantitative estimate of drug-likeness (QED) is 0.524. The first-order chi connectivity index (χ1) is 5.00. The summed E-state index contributed by atoms with van der Waals surface area (Å²) in [5, 5.41) is 0. The molecule has 0 rings (SSSR count). The molecule has 0 N–H and O–H groups in total. The molecule has 64 valence electrons. The van der Waals surface area contributed by atoms with Crippen molar-refractivity contribution in [1.29, 1.82) is 0 Å². The Morgan fingerprint density at radius 3 is 2.00 bits per heavy atom. The second-order valence-electron chi connectivity index (χ2n) is 3.17. The molecule has 0 saturated carbocycles. The summed E-state index contributed by atoms with van der Waals surface area (Å²) in [5.74, 6) is 0.828. The minimum Gasteiger partial charge on any atom is -0.286 e. The number of carbonyl (C=O) groups is 1. The molecule has 0 aliphatic carbocycles. The Morgan fingerprint density at radius 1 is 1.45 bits per heavy atom. The molecule has 0 heterocycles. The first kappa shape index (κ1) is 10.9. The van der Waals surface area contributed by atoms with E-state index in [4.69, 9.17) is 0 Å². The predicted octanol–water partition coefficient (Wildman–Crippen LogP) is 3.00. The van der Waals surface area contributed by atoms with E-state index in [1.54, 1.807) is 6.08 Å². The van der Waals surface area contributed by atoms with Gasteiger partial charge in [0.25, 0.3) is 0 Å². The lowest BCUT2D eigenvalue weighted by molar-refractivity contribution is -0.114. The summed E-state index contributed by atoms with van der Waals surface area (Å²) in [5.41, 5.74) is 0. The van der Waals surface area contributed by atoms with E-state index in [0.29, 0.717) is 11.8 Å². The monoisotopic (exact) mass is 218 g/mol. The zero-order chi connectivity index (χ0) is 9.02. The molecule has 0 amide bonds. The molecule has 0 aromatic heterocycles. The van der Waals surface area contributed by atoms with Crippen molar-refractivity contribution in [1.82, 2.24) is 0 Å². The summed E-state index contributed by atoms with van der Waals surface area (Å²) in [6, 6.07) is 0. The molecule has 0 aliphatic rings. The second kappa shape index (κ2) is 4.70. The molecule has 11 heavy (non-hydrogen) atoms. The van der Waals surface area contributed by atoms with Gasteiger partial charge in [-0.15, -0.1) is 6.58 Å². The minimum atomic E-state index is -0.0463. The van der Waals surface area contributed by atoms with Gasteiger partial charge in [0, 0.05) is 5.92 Å². The Hall–Kier alpha value is -0.110. The normalized spacial score (nSPS) is 16.1. The average Bonchev–Trinajstić information content (AvgIpc) is 1.88. The van der Waals surface area contributed by atoms with E-state index in [1.807, 2.05) is 0 Å². The van der Waals surface area contributed by atoms with Gasteiger partial charge in [0.15, 0.2) is 0 Å². The molecular formula is C9H15BrO. The minimum absolute atomic E-state index is 0.0358. The summed E-state index contributed by atoms with van der Waals surface area (Å²) in [4.78, 5) is 11.0. The van der Waals surface area contributed by atoms with Crippen LogP contribution in [0.15, 0.2) is 12.7 Å². The Labute approximate surface area is 77.0 Å². The van der Waals surface area contributed by atoms with Crippen LogP contribution < -0.4 is 0 Å². The van der Waals surface area contributed by atoms with Gasteiger partial charge >= 0.3 is 0 Å². The van der Waals surface area contributed by atoms with E-state index in [0.717, 1.165) is 0 Å². The zero-order valence-corrected chi connectivity index (χ0v) is 8.89. The van der Waals surface area contributed by atoms with Gasteiger partial charge in [-0.05, 0) is 27.8 Å². The fourth-order valence-electron chi connectivity index (χ4n) is 0.929. The molecule has 2 heteroatoms. The summed E-state index contributed by atoms with van der Waals surface area (Å²) in [6.45, 7) is 9.92. The van der Waals surface area contributed by atoms with Gasteiger partial charge in [-0.3, -0.25) is 4.79 Å². The van der Waals surface area contributed by atoms with Crippen LogP contribution in [0.4, 0.5) is 0 Å². The first-order valence-corrected chi connectivity index (χ1v) is 4.62. The van der Waals surface area contributed by atoms with Crippen molar-refractivity contribution in [2.24, 2.45) is 17.8 Å². The Bertz CT molecular complexity index is 152. The number of hydrogen-bond donors (Lipinski definition) is 0. The van der Waals surface area contributed by atoms with Crippen LogP contribution in [0.3, 0.4) is 0 Å². The van der Waals surface area contributed by atoms with Gasteiger partial charge in [-0.25, -0.2) is 0 Å². The van der Waals surface area contributed by atoms with Crippen LogP contribution in [0, 0.1) is 17.8 Å². The summed E-state index contributed by atoms with van der Waals surface area (Å²) >= 11 is 2.96. The smallest absolute Gasteiger partial charge is 0.204 e. The maximum Gasteiger partial charge on any atom is 0.204 e. The summed E-state index contributed by atoms with van der Waals surface area (Å²) in [7, 11) is 0. The number of allylic oxidation sites excluding steroid dienone is 1. The van der Waals surface area contributed by atoms with Crippen molar-refractivity contribution in [2.75, 3.05) is 0 Å². The molecular weight excluding hydrogens is 204 g/mol. The van der Waals surface area contributed by atoms with E-state index < -0.39 is 0 Å². The number of hydrogen-bond acceptors (Lipinski definition) is 1. The van der Waals surface area contributed by atoms with Gasteiger partial charge in [-0.2, -0.15) is 0 Å². The molecule has 0 aromatic carbocycles. The van der Waals surface area contributed by atoms with E-state index in [9.17, 15) is 4.79 Å². The lowest BCUT2D eigenvalue weighted by atomic mass is 9.86. The molecule has 0 aliphatic heterocycles.